The molecule has 22 heavy (non-hydrogen) atoms. The molecule has 0 amide bonds. The molecule has 1 aromatic heterocycles. The van der Waals surface area contributed by atoms with Gasteiger partial charge in [0.25, 0.3) is 0 Å². The highest BCUT2D eigenvalue weighted by molar-refractivity contribution is 5.19. The minimum Gasteiger partial charge on any atom is -0.328 e. The lowest BCUT2D eigenvalue weighted by molar-refractivity contribution is 0.217. The van der Waals surface area contributed by atoms with E-state index in [0.717, 1.165) is 37.7 Å². The number of benzene rings is 1. The van der Waals surface area contributed by atoms with E-state index in [1.165, 1.54) is 24.3 Å². The molecule has 1 saturated heterocycles. The number of aromatic nitrogens is 3. The van der Waals surface area contributed by atoms with Crippen LogP contribution >= 0.6 is 0 Å². The fourth-order valence-electron chi connectivity index (χ4n) is 3.18. The number of hydrogen-bond donors (Lipinski definition) is 1. The molecule has 4 heteroatoms. The van der Waals surface area contributed by atoms with Crippen LogP contribution in [0.5, 0.6) is 0 Å². The number of likely N-dealkylation sites (tertiary alicyclic amines) is 1. The fourth-order valence-corrected chi connectivity index (χ4v) is 3.18. The summed E-state index contributed by atoms with van der Waals surface area (Å²) in [6.07, 6.45) is 3.18. The number of nitrogens with zero attached hydrogens (tertiary/aromatic N) is 3. The number of aromatic amines is 1. The van der Waals surface area contributed by atoms with Crippen LogP contribution in [0.2, 0.25) is 0 Å². The van der Waals surface area contributed by atoms with Crippen LogP contribution in [0.1, 0.15) is 49.8 Å². The molecule has 1 N–H and O–H groups in total. The Labute approximate surface area is 133 Å². The molecule has 0 aliphatic carbocycles. The third-order valence-corrected chi connectivity index (χ3v) is 4.28. The summed E-state index contributed by atoms with van der Waals surface area (Å²) in [5, 5.41) is 8.72. The van der Waals surface area contributed by atoms with Crippen LogP contribution in [-0.2, 0) is 6.42 Å². The van der Waals surface area contributed by atoms with Crippen molar-refractivity contribution >= 4 is 0 Å². The maximum absolute atomic E-state index is 4.39. The highest BCUT2D eigenvalue weighted by Gasteiger charge is 2.23. The summed E-state index contributed by atoms with van der Waals surface area (Å²) in [6, 6.07) is 10.4. The molecule has 1 aliphatic heterocycles. The molecule has 0 saturated carbocycles. The van der Waals surface area contributed by atoms with Crippen LogP contribution in [0.4, 0.5) is 0 Å². The van der Waals surface area contributed by atoms with Gasteiger partial charge in [-0.3, -0.25) is 0 Å². The van der Waals surface area contributed by atoms with Crippen molar-refractivity contribution < 1.29 is 0 Å². The molecule has 2 aromatic rings. The normalized spacial score (nSPS) is 17.2. The Bertz CT molecular complexity index is 568. The van der Waals surface area contributed by atoms with Gasteiger partial charge in [-0.1, -0.05) is 44.2 Å². The molecular weight excluding hydrogens is 272 g/mol. The van der Waals surface area contributed by atoms with E-state index in [1.807, 2.05) is 6.07 Å². The predicted octanol–water partition coefficient (Wildman–Crippen LogP) is 3.19. The number of H-pyrrole nitrogens is 1. The van der Waals surface area contributed by atoms with Crippen molar-refractivity contribution in [2.75, 3.05) is 19.6 Å². The Morgan fingerprint density at radius 2 is 1.86 bits per heavy atom. The molecule has 0 unspecified atom stereocenters. The molecule has 3 rings (SSSR count). The molecule has 2 heterocycles. The predicted molar refractivity (Wildman–Crippen MR) is 88.6 cm³/mol. The Morgan fingerprint density at radius 1 is 1.14 bits per heavy atom. The van der Waals surface area contributed by atoms with Gasteiger partial charge in [0.05, 0.1) is 0 Å². The first-order valence-electron chi connectivity index (χ1n) is 8.17. The second-order valence-electron chi connectivity index (χ2n) is 6.58. The molecule has 117 valence electrons. The zero-order valence-electron chi connectivity index (χ0n) is 13.5. The van der Waals surface area contributed by atoms with Crippen molar-refractivity contribution in [1.29, 1.82) is 0 Å². The van der Waals surface area contributed by atoms with Crippen LogP contribution < -0.4 is 0 Å². The Hall–Kier alpha value is -1.68. The van der Waals surface area contributed by atoms with E-state index in [9.17, 15) is 0 Å². The summed E-state index contributed by atoms with van der Waals surface area (Å²) in [4.78, 5) is 5.98. The van der Waals surface area contributed by atoms with Crippen molar-refractivity contribution in [3.63, 3.8) is 0 Å². The summed E-state index contributed by atoms with van der Waals surface area (Å²) in [7, 11) is 0. The van der Waals surface area contributed by atoms with E-state index < -0.39 is 0 Å². The monoisotopic (exact) mass is 297 g/mol. The number of hydrogen-bond acceptors (Lipinski definition) is 3. The summed E-state index contributed by atoms with van der Waals surface area (Å²) in [5.74, 6) is 4.07. The molecule has 1 aliphatic rings. The average molecular weight is 297 g/mol. The zero-order valence-corrected chi connectivity index (χ0v) is 13.5. The third-order valence-electron chi connectivity index (χ3n) is 4.28. The third kappa shape index (κ3) is 3.95. The second-order valence-corrected chi connectivity index (χ2v) is 6.58. The van der Waals surface area contributed by atoms with E-state index >= 15 is 0 Å². The quantitative estimate of drug-likeness (QED) is 0.922. The van der Waals surface area contributed by atoms with E-state index in [-0.39, 0.29) is 0 Å². The smallest absolute Gasteiger partial charge is 0.134 e. The van der Waals surface area contributed by atoms with Crippen LogP contribution in [-0.4, -0.2) is 39.7 Å². The summed E-state index contributed by atoms with van der Waals surface area (Å²) in [6.45, 7) is 7.86. The van der Waals surface area contributed by atoms with Crippen LogP contribution in [0.3, 0.4) is 0 Å². The van der Waals surface area contributed by atoms with Crippen LogP contribution in [0, 0.1) is 5.92 Å². The summed E-state index contributed by atoms with van der Waals surface area (Å²) >= 11 is 0. The van der Waals surface area contributed by atoms with Gasteiger partial charge in [-0.2, -0.15) is 0 Å². The first kappa shape index (κ1) is 15.2. The standard InChI is InChI=1S/C18H25N4/c1-14(2)13-22-10-8-16(9-11-22)18-19-17(20-21-18)12-15-6-4-3-5-7-15/h3-7,16H,8-13H2,1-2H3,(H,19,20,21). The van der Waals surface area contributed by atoms with Gasteiger partial charge in [-0.05, 0) is 37.4 Å². The minimum atomic E-state index is 0.533. The maximum atomic E-state index is 4.39. The van der Waals surface area contributed by atoms with Gasteiger partial charge in [0.15, 0.2) is 0 Å². The molecule has 0 bridgehead atoms. The SMILES string of the molecule is C[C](C)CN1CCC(c2nnc(Cc3ccccc3)[nH]2)CC1. The summed E-state index contributed by atoms with van der Waals surface area (Å²) in [5.41, 5.74) is 1.27. The van der Waals surface area contributed by atoms with E-state index in [1.54, 1.807) is 0 Å². The fraction of sp³-hybridized carbons (Fsp3) is 0.500. The lowest BCUT2D eigenvalue weighted by Gasteiger charge is -2.31. The Kier molecular flexibility index (Phi) is 4.88. The Morgan fingerprint density at radius 3 is 2.55 bits per heavy atom. The lowest BCUT2D eigenvalue weighted by atomic mass is 9.95. The second kappa shape index (κ2) is 7.05. The molecule has 0 spiro atoms. The van der Waals surface area contributed by atoms with Gasteiger partial charge in [0.2, 0.25) is 0 Å². The number of rotatable bonds is 5. The Balaban J connectivity index is 1.56. The molecular formula is C18H25N4. The molecule has 1 fully saturated rings. The van der Waals surface area contributed by atoms with Crippen molar-refractivity contribution in [2.45, 2.75) is 39.0 Å². The number of nitrogens with one attached hydrogen (secondary N) is 1. The van der Waals surface area contributed by atoms with Gasteiger partial charge < -0.3 is 9.88 Å². The van der Waals surface area contributed by atoms with E-state index in [4.69, 9.17) is 0 Å². The largest absolute Gasteiger partial charge is 0.328 e. The topological polar surface area (TPSA) is 44.8 Å². The highest BCUT2D eigenvalue weighted by atomic mass is 15.2. The summed E-state index contributed by atoms with van der Waals surface area (Å²) < 4.78 is 0. The van der Waals surface area contributed by atoms with E-state index in [0.29, 0.717) is 5.92 Å². The maximum Gasteiger partial charge on any atom is 0.134 e. The molecule has 4 nitrogen and oxygen atoms in total. The van der Waals surface area contributed by atoms with E-state index in [2.05, 4.69) is 58.2 Å². The zero-order chi connectivity index (χ0) is 15.4. The van der Waals surface area contributed by atoms with Crippen molar-refractivity contribution in [3.8, 4) is 0 Å². The van der Waals surface area contributed by atoms with Crippen LogP contribution in [0.15, 0.2) is 30.3 Å². The van der Waals surface area contributed by atoms with Gasteiger partial charge in [-0.25, -0.2) is 0 Å². The first-order valence-corrected chi connectivity index (χ1v) is 8.17. The van der Waals surface area contributed by atoms with Crippen molar-refractivity contribution in [3.05, 3.63) is 53.5 Å². The molecule has 0 atom stereocenters. The van der Waals surface area contributed by atoms with Gasteiger partial charge in [-0.15, -0.1) is 10.2 Å². The van der Waals surface area contributed by atoms with Crippen LogP contribution in [0.25, 0.3) is 0 Å². The molecule has 1 aromatic carbocycles. The average Bonchev–Trinajstić information content (AvgIpc) is 2.97. The lowest BCUT2D eigenvalue weighted by Crippen LogP contribution is -2.35. The number of piperidine rings is 1. The molecule has 1 radical (unpaired) electrons. The first-order chi connectivity index (χ1) is 10.7. The van der Waals surface area contributed by atoms with Crippen molar-refractivity contribution in [1.82, 2.24) is 20.1 Å². The highest BCUT2D eigenvalue weighted by Crippen LogP contribution is 2.26. The van der Waals surface area contributed by atoms with Gasteiger partial charge >= 0.3 is 0 Å². The van der Waals surface area contributed by atoms with Gasteiger partial charge in [0, 0.05) is 18.9 Å². The van der Waals surface area contributed by atoms with Crippen molar-refractivity contribution in [2.24, 2.45) is 0 Å². The minimum absolute atomic E-state index is 0.533. The van der Waals surface area contributed by atoms with Gasteiger partial charge in [0.1, 0.15) is 11.6 Å².